The third-order valence-electron chi connectivity index (χ3n) is 7.53. The summed E-state index contributed by atoms with van der Waals surface area (Å²) >= 11 is 12.4. The van der Waals surface area contributed by atoms with Crippen LogP contribution in [-0.2, 0) is 20.0 Å². The Bertz CT molecular complexity index is 1920. The van der Waals surface area contributed by atoms with Crippen LogP contribution >= 0.6 is 23.2 Å². The summed E-state index contributed by atoms with van der Waals surface area (Å²) < 4.78 is 83.5. The van der Waals surface area contributed by atoms with Crippen LogP contribution in [0.3, 0.4) is 0 Å². The predicted molar refractivity (Wildman–Crippen MR) is 152 cm³/mol. The highest BCUT2D eigenvalue weighted by atomic mass is 35.5. The van der Waals surface area contributed by atoms with Crippen molar-refractivity contribution in [2.24, 2.45) is 0 Å². The first-order chi connectivity index (χ1) is 19.2. The van der Waals surface area contributed by atoms with Crippen LogP contribution in [0.1, 0.15) is 26.7 Å². The molecule has 1 saturated heterocycles. The SMILES string of the molecule is CC(C)S(=O)(=O)n1ccc(S(=O)(=O)n2nc(N3CCN(c4ncc(Cl)cc4F)CC34CC4)c3c(Cl)cc(F)cc32)c1. The lowest BCUT2D eigenvalue weighted by Gasteiger charge is -2.43. The minimum absolute atomic E-state index is 0.0277. The third kappa shape index (κ3) is 4.55. The Labute approximate surface area is 245 Å². The lowest BCUT2D eigenvalue weighted by molar-refractivity contribution is 0.492. The molecule has 0 N–H and O–H groups in total. The molecule has 1 saturated carbocycles. The molecule has 10 nitrogen and oxygen atoms in total. The van der Waals surface area contributed by atoms with Gasteiger partial charge in [-0.15, -0.1) is 5.10 Å². The van der Waals surface area contributed by atoms with Crippen LogP contribution in [0, 0.1) is 11.6 Å². The fourth-order valence-corrected chi connectivity index (χ4v) is 7.95. The predicted octanol–water partition coefficient (Wildman–Crippen LogP) is 4.50. The lowest BCUT2D eigenvalue weighted by atomic mass is 10.1. The normalized spacial score (nSPS) is 17.2. The first-order valence-corrected chi connectivity index (χ1v) is 16.3. The van der Waals surface area contributed by atoms with E-state index in [-0.39, 0.29) is 37.5 Å². The molecule has 4 aromatic rings. The zero-order chi connectivity index (χ0) is 29.5. The molecule has 41 heavy (non-hydrogen) atoms. The van der Waals surface area contributed by atoms with E-state index in [1.165, 1.54) is 26.1 Å². The standard InChI is InChI=1S/C25H24Cl2F2N6O4S2/c1-15(2)40(36,37)33-6-3-18(13-33)41(38,39)35-21-11-17(28)10-19(27)22(21)24(31-35)34-8-7-32(14-25(34)4-5-25)23-20(29)9-16(26)12-30-23/h3,6,9-13,15H,4-5,7-8,14H2,1-2H3. The topological polar surface area (TPSA) is 110 Å². The molecule has 0 bridgehead atoms. The Morgan fingerprint density at radius 1 is 1.02 bits per heavy atom. The van der Waals surface area contributed by atoms with Crippen LogP contribution in [0.5, 0.6) is 0 Å². The number of nitrogens with zero attached hydrogens (tertiary/aromatic N) is 6. The number of anilines is 2. The first-order valence-electron chi connectivity index (χ1n) is 12.6. The number of hydrogen-bond acceptors (Lipinski definition) is 8. The van der Waals surface area contributed by atoms with Gasteiger partial charge in [0.05, 0.1) is 31.7 Å². The quantitative estimate of drug-likeness (QED) is 0.302. The van der Waals surface area contributed by atoms with E-state index < -0.39 is 42.5 Å². The van der Waals surface area contributed by atoms with Gasteiger partial charge in [0.2, 0.25) is 10.0 Å². The fraction of sp³-hybridized carbons (Fsp3) is 0.360. The van der Waals surface area contributed by atoms with E-state index in [1.54, 1.807) is 0 Å². The Kier molecular flexibility index (Phi) is 6.56. The van der Waals surface area contributed by atoms with E-state index in [2.05, 4.69) is 10.1 Å². The maximum absolute atomic E-state index is 14.7. The van der Waals surface area contributed by atoms with Gasteiger partial charge >= 0.3 is 0 Å². The molecule has 2 fully saturated rings. The van der Waals surface area contributed by atoms with Gasteiger partial charge in [-0.2, -0.15) is 12.5 Å². The molecule has 218 valence electrons. The molecule has 4 heterocycles. The summed E-state index contributed by atoms with van der Waals surface area (Å²) in [6.07, 6.45) is 4.95. The summed E-state index contributed by atoms with van der Waals surface area (Å²) in [5.74, 6) is -0.906. The molecule has 0 amide bonds. The summed E-state index contributed by atoms with van der Waals surface area (Å²) in [6.45, 7) is 4.00. The summed E-state index contributed by atoms with van der Waals surface area (Å²) in [7, 11) is -8.29. The third-order valence-corrected chi connectivity index (χ3v) is 11.6. The van der Waals surface area contributed by atoms with Crippen LogP contribution in [0.15, 0.2) is 47.8 Å². The Hall–Kier alpha value is -2.94. The number of fused-ring (bicyclic) bond motifs is 1. The van der Waals surface area contributed by atoms with Crippen LogP contribution in [0.25, 0.3) is 10.9 Å². The number of hydrogen-bond donors (Lipinski definition) is 0. The smallest absolute Gasteiger partial charge is 0.285 e. The largest absolute Gasteiger partial charge is 0.350 e. The van der Waals surface area contributed by atoms with Gasteiger partial charge in [0.15, 0.2) is 17.5 Å². The second-order valence-electron chi connectivity index (χ2n) is 10.5. The van der Waals surface area contributed by atoms with Crippen molar-refractivity contribution in [3.05, 3.63) is 64.5 Å². The van der Waals surface area contributed by atoms with Crippen molar-refractivity contribution in [1.29, 1.82) is 0 Å². The van der Waals surface area contributed by atoms with E-state index in [4.69, 9.17) is 23.2 Å². The molecule has 1 spiro atoms. The molecule has 0 radical (unpaired) electrons. The molecule has 0 unspecified atom stereocenters. The summed E-state index contributed by atoms with van der Waals surface area (Å²) in [4.78, 5) is 7.56. The molecule has 1 aliphatic heterocycles. The Morgan fingerprint density at radius 3 is 2.41 bits per heavy atom. The number of halogens is 4. The van der Waals surface area contributed by atoms with Crippen LogP contribution in [-0.4, -0.2) is 65.4 Å². The van der Waals surface area contributed by atoms with Crippen LogP contribution in [0.4, 0.5) is 20.4 Å². The highest BCUT2D eigenvalue weighted by Gasteiger charge is 2.53. The van der Waals surface area contributed by atoms with Gasteiger partial charge in [0.1, 0.15) is 10.7 Å². The van der Waals surface area contributed by atoms with Crippen LogP contribution in [0.2, 0.25) is 10.0 Å². The van der Waals surface area contributed by atoms with E-state index in [0.717, 1.165) is 34.6 Å². The molecule has 16 heteroatoms. The molecule has 0 atom stereocenters. The van der Waals surface area contributed by atoms with Gasteiger partial charge in [-0.25, -0.2) is 22.2 Å². The minimum atomic E-state index is -4.48. The average Bonchev–Trinajstić information content (AvgIpc) is 3.29. The molecule has 2 aliphatic rings. The number of aromatic nitrogens is 4. The summed E-state index contributed by atoms with van der Waals surface area (Å²) in [6, 6.07) is 4.46. The van der Waals surface area contributed by atoms with E-state index in [1.807, 2.05) is 9.80 Å². The molecular weight excluding hydrogens is 621 g/mol. The van der Waals surface area contributed by atoms with Crippen molar-refractivity contribution < 1.29 is 25.6 Å². The van der Waals surface area contributed by atoms with Gasteiger partial charge < -0.3 is 9.80 Å². The number of benzene rings is 1. The number of piperazine rings is 1. The fourth-order valence-electron chi connectivity index (χ4n) is 5.21. The molecule has 1 aromatic carbocycles. The van der Waals surface area contributed by atoms with Crippen molar-refractivity contribution >= 4 is 65.8 Å². The second-order valence-corrected chi connectivity index (χ2v) is 15.5. The highest BCUT2D eigenvalue weighted by Crippen LogP contribution is 2.49. The summed E-state index contributed by atoms with van der Waals surface area (Å²) in [5, 5.41) is 4.05. The molecule has 6 rings (SSSR count). The minimum Gasteiger partial charge on any atom is -0.350 e. The van der Waals surface area contributed by atoms with Crippen molar-refractivity contribution in [1.82, 2.24) is 18.1 Å². The van der Waals surface area contributed by atoms with Gasteiger partial charge in [-0.1, -0.05) is 23.2 Å². The maximum Gasteiger partial charge on any atom is 0.285 e. The van der Waals surface area contributed by atoms with Gasteiger partial charge in [0.25, 0.3) is 10.0 Å². The number of rotatable bonds is 6. The van der Waals surface area contributed by atoms with Crippen molar-refractivity contribution in [3.63, 3.8) is 0 Å². The zero-order valence-corrected chi connectivity index (χ0v) is 24.9. The second kappa shape index (κ2) is 9.54. The molecule has 1 aliphatic carbocycles. The van der Waals surface area contributed by atoms with Crippen LogP contribution < -0.4 is 9.80 Å². The summed E-state index contributed by atoms with van der Waals surface area (Å²) in [5.41, 5.74) is -0.595. The van der Waals surface area contributed by atoms with Gasteiger partial charge in [-0.3, -0.25) is 3.97 Å². The zero-order valence-electron chi connectivity index (χ0n) is 21.8. The van der Waals surface area contributed by atoms with Crippen molar-refractivity contribution in [3.8, 4) is 0 Å². The molecule has 3 aromatic heterocycles. The number of pyridine rings is 1. The van der Waals surface area contributed by atoms with E-state index >= 15 is 0 Å². The maximum atomic E-state index is 14.7. The lowest BCUT2D eigenvalue weighted by Crippen LogP contribution is -2.56. The monoisotopic (exact) mass is 644 g/mol. The average molecular weight is 646 g/mol. The van der Waals surface area contributed by atoms with Gasteiger partial charge in [0, 0.05) is 44.3 Å². The van der Waals surface area contributed by atoms with Gasteiger partial charge in [-0.05, 0) is 44.9 Å². The molecular formula is C25H24Cl2F2N6O4S2. The van der Waals surface area contributed by atoms with Crippen molar-refractivity contribution in [2.75, 3.05) is 29.4 Å². The highest BCUT2D eigenvalue weighted by molar-refractivity contribution is 7.91. The Morgan fingerprint density at radius 2 is 1.76 bits per heavy atom. The van der Waals surface area contributed by atoms with E-state index in [0.29, 0.717) is 36.6 Å². The van der Waals surface area contributed by atoms with E-state index in [9.17, 15) is 25.6 Å². The Balaban J connectivity index is 1.44. The van der Waals surface area contributed by atoms with Crippen molar-refractivity contribution in [2.45, 2.75) is 42.4 Å². The first kappa shape index (κ1) is 28.2.